The van der Waals surface area contributed by atoms with Crippen molar-refractivity contribution < 1.29 is 19.5 Å². The summed E-state index contributed by atoms with van der Waals surface area (Å²) in [5.74, 6) is -1.38. The lowest BCUT2D eigenvalue weighted by atomic mass is 9.89. The van der Waals surface area contributed by atoms with Gasteiger partial charge in [-0.2, -0.15) is 0 Å². The highest BCUT2D eigenvalue weighted by Gasteiger charge is 2.27. The number of aliphatic carboxylic acids is 1. The Balaban J connectivity index is 2.52. The smallest absolute Gasteiger partial charge is 0.309 e. The van der Waals surface area contributed by atoms with Crippen molar-refractivity contribution in [3.05, 3.63) is 35.9 Å². The van der Waals surface area contributed by atoms with Crippen molar-refractivity contribution >= 4 is 17.8 Å². The highest BCUT2D eigenvalue weighted by atomic mass is 16.4. The molecule has 1 aromatic rings. The number of carboxylic acid groups (broad SMARTS) is 1. The predicted octanol–water partition coefficient (Wildman–Crippen LogP) is 2.13. The monoisotopic (exact) mass is 348 g/mol. The Morgan fingerprint density at radius 1 is 1.16 bits per heavy atom. The Morgan fingerprint density at radius 2 is 1.80 bits per heavy atom. The van der Waals surface area contributed by atoms with Crippen LogP contribution in [0.15, 0.2) is 30.3 Å². The highest BCUT2D eigenvalue weighted by Crippen LogP contribution is 2.19. The van der Waals surface area contributed by atoms with Gasteiger partial charge in [0.05, 0.1) is 11.8 Å². The topological polar surface area (TPSA) is 95.5 Å². The molecule has 1 rings (SSSR count). The highest BCUT2D eigenvalue weighted by molar-refractivity contribution is 5.88. The van der Waals surface area contributed by atoms with Gasteiger partial charge in [0, 0.05) is 6.54 Å². The molecule has 138 valence electrons. The Hall–Kier alpha value is -2.37. The molecule has 6 nitrogen and oxygen atoms in total. The van der Waals surface area contributed by atoms with Crippen molar-refractivity contribution in [2.45, 2.75) is 52.5 Å². The lowest BCUT2D eigenvalue weighted by molar-refractivity contribution is -0.147. The minimum Gasteiger partial charge on any atom is -0.481 e. The molecule has 1 unspecified atom stereocenters. The van der Waals surface area contributed by atoms with E-state index >= 15 is 0 Å². The molecule has 6 heteroatoms. The van der Waals surface area contributed by atoms with Crippen molar-refractivity contribution in [3.8, 4) is 0 Å². The molecule has 0 bridgehead atoms. The van der Waals surface area contributed by atoms with Crippen LogP contribution in [0.25, 0.3) is 0 Å². The number of carbonyl (C=O) groups excluding carboxylic acids is 2. The van der Waals surface area contributed by atoms with E-state index in [-0.39, 0.29) is 24.8 Å². The first-order valence-corrected chi connectivity index (χ1v) is 8.60. The molecule has 0 fully saturated rings. The Bertz CT molecular complexity index is 584. The van der Waals surface area contributed by atoms with E-state index in [0.717, 1.165) is 12.0 Å². The van der Waals surface area contributed by atoms with Crippen LogP contribution in [-0.2, 0) is 20.8 Å². The fourth-order valence-electron chi connectivity index (χ4n) is 2.31. The van der Waals surface area contributed by atoms with Gasteiger partial charge in [-0.25, -0.2) is 0 Å². The largest absolute Gasteiger partial charge is 0.481 e. The van der Waals surface area contributed by atoms with Gasteiger partial charge < -0.3 is 15.7 Å². The van der Waals surface area contributed by atoms with Gasteiger partial charge in [-0.05, 0) is 32.3 Å². The fraction of sp³-hybridized carbons (Fsp3) is 0.526. The molecule has 0 heterocycles. The van der Waals surface area contributed by atoms with Crippen LogP contribution in [0.2, 0.25) is 0 Å². The number of amides is 2. The SMILES string of the molecule is CCCC(NC(=O)Cc1ccccc1)C(=O)NCCC(C)(C)C(=O)O. The van der Waals surface area contributed by atoms with Crippen molar-refractivity contribution in [1.29, 1.82) is 0 Å². The first-order valence-electron chi connectivity index (χ1n) is 8.60. The zero-order valence-corrected chi connectivity index (χ0v) is 15.2. The molecule has 0 aliphatic heterocycles. The second-order valence-corrected chi connectivity index (χ2v) is 6.80. The van der Waals surface area contributed by atoms with Crippen LogP contribution in [-0.4, -0.2) is 35.5 Å². The van der Waals surface area contributed by atoms with E-state index in [9.17, 15) is 14.4 Å². The number of hydrogen-bond donors (Lipinski definition) is 3. The van der Waals surface area contributed by atoms with Crippen molar-refractivity contribution in [2.75, 3.05) is 6.54 Å². The molecule has 1 atom stereocenters. The zero-order valence-electron chi connectivity index (χ0n) is 15.2. The van der Waals surface area contributed by atoms with Crippen LogP contribution in [0.4, 0.5) is 0 Å². The van der Waals surface area contributed by atoms with Gasteiger partial charge in [-0.3, -0.25) is 14.4 Å². The average molecular weight is 348 g/mol. The van der Waals surface area contributed by atoms with Gasteiger partial charge in [0.2, 0.25) is 11.8 Å². The van der Waals surface area contributed by atoms with Gasteiger partial charge >= 0.3 is 5.97 Å². The first-order chi connectivity index (χ1) is 11.8. The van der Waals surface area contributed by atoms with Gasteiger partial charge in [-0.1, -0.05) is 43.7 Å². The van der Waals surface area contributed by atoms with Crippen LogP contribution in [0.1, 0.15) is 45.6 Å². The molecule has 1 aromatic carbocycles. The van der Waals surface area contributed by atoms with E-state index in [2.05, 4.69) is 10.6 Å². The molecule has 0 aliphatic rings. The van der Waals surface area contributed by atoms with Gasteiger partial charge in [-0.15, -0.1) is 0 Å². The van der Waals surface area contributed by atoms with E-state index in [1.54, 1.807) is 13.8 Å². The summed E-state index contributed by atoms with van der Waals surface area (Å²) >= 11 is 0. The number of benzene rings is 1. The number of carboxylic acids is 1. The maximum absolute atomic E-state index is 12.3. The van der Waals surface area contributed by atoms with Gasteiger partial charge in [0.25, 0.3) is 0 Å². The fourth-order valence-corrected chi connectivity index (χ4v) is 2.31. The molecule has 0 spiro atoms. The molecule has 0 radical (unpaired) electrons. The lowest BCUT2D eigenvalue weighted by Gasteiger charge is -2.21. The Kier molecular flexibility index (Phi) is 8.11. The molecule has 25 heavy (non-hydrogen) atoms. The molecule has 2 amide bonds. The molecule has 3 N–H and O–H groups in total. The lowest BCUT2D eigenvalue weighted by Crippen LogP contribution is -2.47. The minimum absolute atomic E-state index is 0.203. The van der Waals surface area contributed by atoms with E-state index in [1.165, 1.54) is 0 Å². The zero-order chi connectivity index (χ0) is 18.9. The van der Waals surface area contributed by atoms with Crippen molar-refractivity contribution in [3.63, 3.8) is 0 Å². The standard InChI is InChI=1S/C19H28N2O4/c1-4-8-15(17(23)20-12-11-19(2,3)18(24)25)21-16(22)13-14-9-6-5-7-10-14/h5-7,9-10,15H,4,8,11-13H2,1-3H3,(H,20,23)(H,21,22)(H,24,25). The number of hydrogen-bond acceptors (Lipinski definition) is 3. The van der Waals surface area contributed by atoms with Gasteiger partial charge in [0.15, 0.2) is 0 Å². The molecule has 0 aromatic heterocycles. The predicted molar refractivity (Wildman–Crippen MR) is 96.0 cm³/mol. The van der Waals surface area contributed by atoms with Gasteiger partial charge in [0.1, 0.15) is 6.04 Å². The van der Waals surface area contributed by atoms with Crippen LogP contribution in [0.3, 0.4) is 0 Å². The molecular formula is C19H28N2O4. The maximum atomic E-state index is 12.3. The third-order valence-corrected chi connectivity index (χ3v) is 4.06. The van der Waals surface area contributed by atoms with Crippen molar-refractivity contribution in [2.24, 2.45) is 5.41 Å². The van der Waals surface area contributed by atoms with E-state index < -0.39 is 17.4 Å². The van der Waals surface area contributed by atoms with E-state index in [0.29, 0.717) is 12.8 Å². The third-order valence-electron chi connectivity index (χ3n) is 4.06. The van der Waals surface area contributed by atoms with Crippen LogP contribution < -0.4 is 10.6 Å². The van der Waals surface area contributed by atoms with Crippen LogP contribution in [0.5, 0.6) is 0 Å². The van der Waals surface area contributed by atoms with E-state index in [4.69, 9.17) is 5.11 Å². The second-order valence-electron chi connectivity index (χ2n) is 6.80. The second kappa shape index (κ2) is 9.81. The number of rotatable bonds is 10. The molecular weight excluding hydrogens is 320 g/mol. The average Bonchev–Trinajstić information content (AvgIpc) is 2.55. The summed E-state index contributed by atoms with van der Waals surface area (Å²) in [6.07, 6.45) is 1.84. The minimum atomic E-state index is -0.900. The molecule has 0 saturated carbocycles. The summed E-state index contributed by atoms with van der Waals surface area (Å²) < 4.78 is 0. The summed E-state index contributed by atoms with van der Waals surface area (Å²) in [5.41, 5.74) is -0.0109. The Labute approximate surface area is 149 Å². The summed E-state index contributed by atoms with van der Waals surface area (Å²) in [6, 6.07) is 8.74. The summed E-state index contributed by atoms with van der Waals surface area (Å²) in [5, 5.41) is 14.6. The Morgan fingerprint density at radius 3 is 2.36 bits per heavy atom. The summed E-state index contributed by atoms with van der Waals surface area (Å²) in [7, 11) is 0. The first kappa shape index (κ1) is 20.7. The molecule has 0 saturated heterocycles. The normalized spacial score (nSPS) is 12.3. The van der Waals surface area contributed by atoms with Crippen molar-refractivity contribution in [1.82, 2.24) is 10.6 Å². The number of carbonyl (C=O) groups is 3. The number of nitrogens with one attached hydrogen (secondary N) is 2. The maximum Gasteiger partial charge on any atom is 0.309 e. The summed E-state index contributed by atoms with van der Waals surface area (Å²) in [6.45, 7) is 5.43. The van der Waals surface area contributed by atoms with E-state index in [1.807, 2.05) is 37.3 Å². The quantitative estimate of drug-likeness (QED) is 0.603. The third kappa shape index (κ3) is 7.37. The molecule has 0 aliphatic carbocycles. The van der Waals surface area contributed by atoms with Crippen LogP contribution >= 0.6 is 0 Å². The summed E-state index contributed by atoms with van der Waals surface area (Å²) in [4.78, 5) is 35.5. The van der Waals surface area contributed by atoms with Crippen LogP contribution in [0, 0.1) is 5.41 Å².